The van der Waals surface area contributed by atoms with Gasteiger partial charge in [0.15, 0.2) is 0 Å². The van der Waals surface area contributed by atoms with Gasteiger partial charge in [-0.2, -0.15) is 0 Å². The van der Waals surface area contributed by atoms with Crippen LogP contribution in [0.4, 0.5) is 4.79 Å². The van der Waals surface area contributed by atoms with Crippen molar-refractivity contribution in [1.29, 1.82) is 0 Å². The van der Waals surface area contributed by atoms with Gasteiger partial charge in [-0.15, -0.1) is 0 Å². The van der Waals surface area contributed by atoms with Crippen LogP contribution in [0.5, 0.6) is 0 Å². The molecule has 1 aliphatic carbocycles. The number of hydrogen-bond acceptors (Lipinski definition) is 1. The lowest BCUT2D eigenvalue weighted by Crippen LogP contribution is -2.34. The summed E-state index contributed by atoms with van der Waals surface area (Å²) in [6.45, 7) is 2.05. The van der Waals surface area contributed by atoms with Crippen molar-refractivity contribution >= 4 is 17.9 Å². The molecule has 0 aliphatic heterocycles. The minimum Gasteiger partial charge on any atom is -0.340 e. The summed E-state index contributed by atoms with van der Waals surface area (Å²) in [5, 5.41) is 2.44. The Kier molecular flexibility index (Phi) is 2.76. The van der Waals surface area contributed by atoms with Gasteiger partial charge in [0.25, 0.3) is 5.24 Å². The molecule has 0 bridgehead atoms. The zero-order valence-corrected chi connectivity index (χ0v) is 7.21. The highest BCUT2D eigenvalue weighted by Gasteiger charge is 2.13. The van der Waals surface area contributed by atoms with Crippen LogP contribution in [0.2, 0.25) is 0 Å². The summed E-state index contributed by atoms with van der Waals surface area (Å²) >= 11 is 3.64. The quantitative estimate of drug-likeness (QED) is 0.575. The van der Waals surface area contributed by atoms with Gasteiger partial charge in [-0.05, 0) is 5.92 Å². The predicted octanol–water partition coefficient (Wildman–Crippen LogP) is 1.76. The molecule has 1 aliphatic rings. The van der Waals surface area contributed by atoms with Crippen molar-refractivity contribution in [2.45, 2.75) is 13.0 Å². The zero-order chi connectivity index (χ0) is 8.27. The van der Waals surface area contributed by atoms with E-state index in [1.807, 2.05) is 31.2 Å². The van der Waals surface area contributed by atoms with Crippen LogP contribution in [0, 0.1) is 5.92 Å². The number of amides is 1. The summed E-state index contributed by atoms with van der Waals surface area (Å²) in [6, 6.07) is 0.102. The molecule has 0 aromatic heterocycles. The van der Waals surface area contributed by atoms with Gasteiger partial charge in [0, 0.05) is 0 Å². The fraction of sp³-hybridized carbons (Fsp3) is 0.375. The van der Waals surface area contributed by atoms with E-state index in [-0.39, 0.29) is 11.3 Å². The molecule has 0 saturated carbocycles. The highest BCUT2D eigenvalue weighted by atomic mass is 32.1. The van der Waals surface area contributed by atoms with Crippen LogP contribution in [-0.4, -0.2) is 11.3 Å². The molecule has 1 N–H and O–H groups in total. The molecule has 0 fully saturated rings. The lowest BCUT2D eigenvalue weighted by Gasteiger charge is -2.20. The predicted molar refractivity (Wildman–Crippen MR) is 48.7 cm³/mol. The number of thiol groups is 1. The second-order valence-electron chi connectivity index (χ2n) is 2.60. The van der Waals surface area contributed by atoms with E-state index in [1.54, 1.807) is 0 Å². The molecule has 1 rings (SSSR count). The van der Waals surface area contributed by atoms with Gasteiger partial charge >= 0.3 is 0 Å². The topological polar surface area (TPSA) is 29.1 Å². The maximum atomic E-state index is 10.6. The summed E-state index contributed by atoms with van der Waals surface area (Å²) in [7, 11) is 0. The van der Waals surface area contributed by atoms with E-state index in [0.717, 1.165) is 0 Å². The standard InChI is InChI=1S/C8H11NOS/c1-6-4-2-3-5-7(6)9-8(10)11/h2-7H,1H3,(H2,9,10,11). The third-order valence-corrected chi connectivity index (χ3v) is 1.83. The van der Waals surface area contributed by atoms with Crippen LogP contribution in [0.15, 0.2) is 24.3 Å². The summed E-state index contributed by atoms with van der Waals surface area (Å²) in [5.74, 6) is 0.357. The first-order chi connectivity index (χ1) is 5.20. The Morgan fingerprint density at radius 3 is 2.64 bits per heavy atom. The molecule has 1 amide bonds. The van der Waals surface area contributed by atoms with E-state index in [1.165, 1.54) is 0 Å². The Hall–Kier alpha value is -0.700. The highest BCUT2D eigenvalue weighted by Crippen LogP contribution is 2.11. The van der Waals surface area contributed by atoms with E-state index >= 15 is 0 Å². The number of allylic oxidation sites excluding steroid dienone is 2. The number of carbonyl (C=O) groups is 1. The number of nitrogens with one attached hydrogen (secondary N) is 1. The Bertz CT molecular complexity index is 210. The first-order valence-corrected chi connectivity index (χ1v) is 3.99. The highest BCUT2D eigenvalue weighted by molar-refractivity contribution is 7.96. The largest absolute Gasteiger partial charge is 0.340 e. The maximum absolute atomic E-state index is 10.6. The molecule has 0 radical (unpaired) electrons. The first kappa shape index (κ1) is 8.40. The average Bonchev–Trinajstić information content (AvgIpc) is 1.93. The fourth-order valence-corrected chi connectivity index (χ4v) is 1.19. The van der Waals surface area contributed by atoms with E-state index in [2.05, 4.69) is 17.9 Å². The summed E-state index contributed by atoms with van der Waals surface area (Å²) in [4.78, 5) is 10.6. The SMILES string of the molecule is CC1C=CC=CC1NC(=O)S. The van der Waals surface area contributed by atoms with Gasteiger partial charge in [-0.1, -0.05) is 43.9 Å². The molecule has 0 spiro atoms. The van der Waals surface area contributed by atoms with E-state index in [9.17, 15) is 4.79 Å². The van der Waals surface area contributed by atoms with Gasteiger partial charge in [-0.3, -0.25) is 4.79 Å². The Morgan fingerprint density at radius 1 is 1.45 bits per heavy atom. The van der Waals surface area contributed by atoms with Crippen LogP contribution in [0.3, 0.4) is 0 Å². The van der Waals surface area contributed by atoms with Crippen molar-refractivity contribution in [3.63, 3.8) is 0 Å². The van der Waals surface area contributed by atoms with Crippen LogP contribution in [-0.2, 0) is 0 Å². The molecule has 3 heteroatoms. The molecule has 11 heavy (non-hydrogen) atoms. The van der Waals surface area contributed by atoms with Gasteiger partial charge in [0.1, 0.15) is 0 Å². The molecule has 0 saturated heterocycles. The minimum atomic E-state index is -0.276. The van der Waals surface area contributed by atoms with Gasteiger partial charge in [0.05, 0.1) is 6.04 Å². The monoisotopic (exact) mass is 169 g/mol. The molecule has 60 valence electrons. The minimum absolute atomic E-state index is 0.102. The van der Waals surface area contributed by atoms with Gasteiger partial charge in [-0.25, -0.2) is 0 Å². The second kappa shape index (κ2) is 3.62. The smallest absolute Gasteiger partial charge is 0.276 e. The van der Waals surface area contributed by atoms with Crippen LogP contribution >= 0.6 is 12.6 Å². The van der Waals surface area contributed by atoms with Crippen molar-refractivity contribution < 1.29 is 4.79 Å². The van der Waals surface area contributed by atoms with E-state index < -0.39 is 0 Å². The zero-order valence-electron chi connectivity index (χ0n) is 6.32. The molecule has 2 atom stereocenters. The van der Waals surface area contributed by atoms with Crippen LogP contribution in [0.25, 0.3) is 0 Å². The number of hydrogen-bond donors (Lipinski definition) is 2. The molecule has 2 unspecified atom stereocenters. The molecular weight excluding hydrogens is 158 g/mol. The molecule has 0 aromatic rings. The van der Waals surface area contributed by atoms with Crippen molar-refractivity contribution in [1.82, 2.24) is 5.32 Å². The van der Waals surface area contributed by atoms with Gasteiger partial charge < -0.3 is 5.32 Å². The Labute approximate surface area is 71.8 Å². The fourth-order valence-electron chi connectivity index (χ4n) is 1.04. The normalized spacial score (nSPS) is 28.5. The second-order valence-corrected chi connectivity index (χ2v) is 3.01. The number of rotatable bonds is 1. The summed E-state index contributed by atoms with van der Waals surface area (Å²) < 4.78 is 0. The lowest BCUT2D eigenvalue weighted by molar-refractivity contribution is 0.257. The van der Waals surface area contributed by atoms with Crippen molar-refractivity contribution in [2.24, 2.45) is 5.92 Å². The van der Waals surface area contributed by atoms with Crippen molar-refractivity contribution in [2.75, 3.05) is 0 Å². The van der Waals surface area contributed by atoms with Crippen LogP contribution in [0.1, 0.15) is 6.92 Å². The van der Waals surface area contributed by atoms with Crippen molar-refractivity contribution in [3.05, 3.63) is 24.3 Å². The van der Waals surface area contributed by atoms with Gasteiger partial charge in [0.2, 0.25) is 0 Å². The summed E-state index contributed by atoms with van der Waals surface area (Å²) in [6.07, 6.45) is 7.91. The Balaban J connectivity index is 2.52. The molecular formula is C8H11NOS. The van der Waals surface area contributed by atoms with E-state index in [0.29, 0.717) is 5.92 Å². The first-order valence-electron chi connectivity index (χ1n) is 3.54. The van der Waals surface area contributed by atoms with Crippen molar-refractivity contribution in [3.8, 4) is 0 Å². The third kappa shape index (κ3) is 2.42. The lowest BCUT2D eigenvalue weighted by atomic mass is 9.98. The van der Waals surface area contributed by atoms with E-state index in [4.69, 9.17) is 0 Å². The molecule has 0 aromatic carbocycles. The van der Waals surface area contributed by atoms with Crippen LogP contribution < -0.4 is 5.32 Å². The number of carbonyl (C=O) groups excluding carboxylic acids is 1. The summed E-state index contributed by atoms with van der Waals surface area (Å²) in [5.41, 5.74) is 0. The average molecular weight is 169 g/mol. The maximum Gasteiger partial charge on any atom is 0.276 e. The Morgan fingerprint density at radius 2 is 2.09 bits per heavy atom. The molecule has 2 nitrogen and oxygen atoms in total. The third-order valence-electron chi connectivity index (χ3n) is 1.70. The molecule has 0 heterocycles.